The fourth-order valence-corrected chi connectivity index (χ4v) is 2.06. The zero-order valence-electron chi connectivity index (χ0n) is 11.0. The van der Waals surface area contributed by atoms with Crippen LogP contribution >= 0.6 is 15.9 Å². The minimum atomic E-state index is -0.547. The molecule has 0 radical (unpaired) electrons. The van der Waals surface area contributed by atoms with Gasteiger partial charge in [-0.15, -0.1) is 0 Å². The van der Waals surface area contributed by atoms with Gasteiger partial charge in [0.15, 0.2) is 0 Å². The highest BCUT2D eigenvalue weighted by atomic mass is 79.9. The van der Waals surface area contributed by atoms with Crippen LogP contribution in [0, 0.1) is 10.1 Å². The number of carbonyl (C=O) groups is 1. The molecule has 0 bridgehead atoms. The van der Waals surface area contributed by atoms with Crippen molar-refractivity contribution < 1.29 is 14.5 Å². The number of benzene rings is 2. The Bertz CT molecular complexity index is 686. The number of nitro benzene ring substituents is 1. The summed E-state index contributed by atoms with van der Waals surface area (Å²) in [6.45, 7) is 0. The summed E-state index contributed by atoms with van der Waals surface area (Å²) in [5.41, 5.74) is 0.629. The lowest BCUT2D eigenvalue weighted by Crippen LogP contribution is -2.12. The molecule has 1 N–H and O–H groups in total. The van der Waals surface area contributed by atoms with E-state index >= 15 is 0 Å². The quantitative estimate of drug-likeness (QED) is 0.674. The van der Waals surface area contributed by atoms with E-state index in [2.05, 4.69) is 21.2 Å². The zero-order valence-corrected chi connectivity index (χ0v) is 12.6. The largest absolute Gasteiger partial charge is 0.497 e. The van der Waals surface area contributed by atoms with Crippen LogP contribution in [-0.4, -0.2) is 17.9 Å². The van der Waals surface area contributed by atoms with Crippen LogP contribution in [0.15, 0.2) is 46.9 Å². The van der Waals surface area contributed by atoms with E-state index in [1.54, 1.807) is 31.4 Å². The number of nitro groups is 1. The molecule has 6 nitrogen and oxygen atoms in total. The molecule has 0 atom stereocenters. The highest BCUT2D eigenvalue weighted by Gasteiger charge is 2.16. The van der Waals surface area contributed by atoms with E-state index in [1.165, 1.54) is 18.2 Å². The molecule has 2 aromatic rings. The number of halogens is 1. The summed E-state index contributed by atoms with van der Waals surface area (Å²) in [6.07, 6.45) is 0. The van der Waals surface area contributed by atoms with Gasteiger partial charge in [-0.1, -0.05) is 0 Å². The van der Waals surface area contributed by atoms with Crippen molar-refractivity contribution in [1.29, 1.82) is 0 Å². The number of hydrogen-bond acceptors (Lipinski definition) is 4. The minimum Gasteiger partial charge on any atom is -0.497 e. The molecule has 0 saturated heterocycles. The first-order chi connectivity index (χ1) is 10.0. The number of nitrogens with one attached hydrogen (secondary N) is 1. The highest BCUT2D eigenvalue weighted by Crippen LogP contribution is 2.26. The molecule has 0 spiro atoms. The normalized spacial score (nSPS) is 10.0. The van der Waals surface area contributed by atoms with Crippen molar-refractivity contribution in [2.24, 2.45) is 0 Å². The molecular formula is C14H11BrN2O4. The molecule has 2 aromatic carbocycles. The van der Waals surface area contributed by atoms with Gasteiger partial charge in [0.25, 0.3) is 11.6 Å². The van der Waals surface area contributed by atoms with Crippen LogP contribution in [0.2, 0.25) is 0 Å². The average Bonchev–Trinajstić information content (AvgIpc) is 2.48. The molecule has 21 heavy (non-hydrogen) atoms. The molecule has 108 valence electrons. The fraction of sp³-hybridized carbons (Fsp3) is 0.0714. The molecule has 0 aromatic heterocycles. The predicted octanol–water partition coefficient (Wildman–Crippen LogP) is 3.62. The predicted molar refractivity (Wildman–Crippen MR) is 81.7 cm³/mol. The maximum Gasteiger partial charge on any atom is 0.284 e. The van der Waals surface area contributed by atoms with E-state index in [0.29, 0.717) is 15.9 Å². The lowest BCUT2D eigenvalue weighted by atomic mass is 10.2. The fourth-order valence-electron chi connectivity index (χ4n) is 1.67. The van der Waals surface area contributed by atoms with E-state index < -0.39 is 10.8 Å². The van der Waals surface area contributed by atoms with Crippen molar-refractivity contribution in [1.82, 2.24) is 0 Å². The van der Waals surface area contributed by atoms with Gasteiger partial charge < -0.3 is 10.1 Å². The minimum absolute atomic E-state index is 0.155. The highest BCUT2D eigenvalue weighted by molar-refractivity contribution is 9.10. The van der Waals surface area contributed by atoms with E-state index in [4.69, 9.17) is 4.74 Å². The van der Waals surface area contributed by atoms with Crippen LogP contribution in [-0.2, 0) is 0 Å². The Labute approximate surface area is 129 Å². The van der Waals surface area contributed by atoms with Crippen molar-refractivity contribution in [3.63, 3.8) is 0 Å². The zero-order chi connectivity index (χ0) is 15.4. The summed E-state index contributed by atoms with van der Waals surface area (Å²) in [7, 11) is 1.55. The summed E-state index contributed by atoms with van der Waals surface area (Å²) in [6, 6.07) is 11.0. The Balaban J connectivity index is 2.19. The monoisotopic (exact) mass is 350 g/mol. The Kier molecular flexibility index (Phi) is 4.54. The van der Waals surface area contributed by atoms with Crippen LogP contribution < -0.4 is 10.1 Å². The first-order valence-electron chi connectivity index (χ1n) is 5.90. The molecule has 1 amide bonds. The van der Waals surface area contributed by atoms with E-state index in [-0.39, 0.29) is 11.3 Å². The third kappa shape index (κ3) is 3.57. The van der Waals surface area contributed by atoms with Crippen LogP contribution in [0.5, 0.6) is 5.75 Å². The molecule has 0 saturated carbocycles. The molecular weight excluding hydrogens is 340 g/mol. The van der Waals surface area contributed by atoms with Gasteiger partial charge in [-0.25, -0.2) is 0 Å². The van der Waals surface area contributed by atoms with Crippen LogP contribution in [0.1, 0.15) is 10.4 Å². The SMILES string of the molecule is COc1ccc(NC(=O)c2ccc(Br)c([N+](=O)[O-])c2)cc1. The van der Waals surface area contributed by atoms with Gasteiger partial charge in [-0.3, -0.25) is 14.9 Å². The van der Waals surface area contributed by atoms with Crippen molar-refractivity contribution in [2.45, 2.75) is 0 Å². The van der Waals surface area contributed by atoms with Crippen LogP contribution in [0.25, 0.3) is 0 Å². The van der Waals surface area contributed by atoms with Crippen molar-refractivity contribution in [3.8, 4) is 5.75 Å². The summed E-state index contributed by atoms with van der Waals surface area (Å²) in [5.74, 6) is 0.253. The summed E-state index contributed by atoms with van der Waals surface area (Å²) < 4.78 is 5.35. The van der Waals surface area contributed by atoms with Gasteiger partial charge >= 0.3 is 0 Å². The molecule has 0 heterocycles. The second-order valence-electron chi connectivity index (χ2n) is 4.11. The smallest absolute Gasteiger partial charge is 0.284 e. The molecule has 2 rings (SSSR count). The first-order valence-corrected chi connectivity index (χ1v) is 6.70. The molecule has 0 unspecified atom stereocenters. The van der Waals surface area contributed by atoms with Crippen LogP contribution in [0.4, 0.5) is 11.4 Å². The average molecular weight is 351 g/mol. The second-order valence-corrected chi connectivity index (χ2v) is 4.96. The van der Waals surface area contributed by atoms with Crippen LogP contribution in [0.3, 0.4) is 0 Å². The van der Waals surface area contributed by atoms with Crippen molar-refractivity contribution in [3.05, 3.63) is 62.6 Å². The van der Waals surface area contributed by atoms with Gasteiger partial charge in [-0.2, -0.15) is 0 Å². The lowest BCUT2D eigenvalue weighted by molar-refractivity contribution is -0.385. The van der Waals surface area contributed by atoms with Gasteiger partial charge in [0, 0.05) is 17.3 Å². The van der Waals surface area contributed by atoms with Gasteiger partial charge in [0.05, 0.1) is 16.5 Å². The Morgan fingerprint density at radius 2 is 1.90 bits per heavy atom. The number of methoxy groups -OCH3 is 1. The summed E-state index contributed by atoms with van der Waals surface area (Å²) in [5, 5.41) is 13.5. The van der Waals surface area contributed by atoms with Crippen molar-refractivity contribution >= 4 is 33.2 Å². The lowest BCUT2D eigenvalue weighted by Gasteiger charge is -2.06. The third-order valence-electron chi connectivity index (χ3n) is 2.75. The standard InChI is InChI=1S/C14H11BrN2O4/c1-21-11-5-3-10(4-6-11)16-14(18)9-2-7-12(15)13(8-9)17(19)20/h2-8H,1H3,(H,16,18). The Morgan fingerprint density at radius 3 is 2.48 bits per heavy atom. The number of amides is 1. The number of anilines is 1. The van der Waals surface area contributed by atoms with E-state index in [0.717, 1.165) is 0 Å². The molecule has 0 aliphatic rings. The summed E-state index contributed by atoms with van der Waals surface area (Å²) >= 11 is 3.08. The van der Waals surface area contributed by atoms with Gasteiger partial charge in [-0.05, 0) is 52.3 Å². The second kappa shape index (κ2) is 6.36. The van der Waals surface area contributed by atoms with Gasteiger partial charge in [0.2, 0.25) is 0 Å². The Hall–Kier alpha value is -2.41. The maximum absolute atomic E-state index is 12.1. The molecule has 0 aliphatic heterocycles. The number of ether oxygens (including phenoxy) is 1. The first kappa shape index (κ1) is 15.0. The molecule has 0 aliphatic carbocycles. The topological polar surface area (TPSA) is 81.5 Å². The Morgan fingerprint density at radius 1 is 1.24 bits per heavy atom. The number of nitrogens with zero attached hydrogens (tertiary/aromatic N) is 1. The van der Waals surface area contributed by atoms with E-state index in [1.807, 2.05) is 0 Å². The van der Waals surface area contributed by atoms with E-state index in [9.17, 15) is 14.9 Å². The van der Waals surface area contributed by atoms with Crippen molar-refractivity contribution in [2.75, 3.05) is 12.4 Å². The number of carbonyl (C=O) groups excluding carboxylic acids is 1. The molecule has 0 fully saturated rings. The van der Waals surface area contributed by atoms with Gasteiger partial charge in [0.1, 0.15) is 5.75 Å². The molecule has 7 heteroatoms. The maximum atomic E-state index is 12.1. The number of hydrogen-bond donors (Lipinski definition) is 1. The third-order valence-corrected chi connectivity index (χ3v) is 3.42. The summed E-state index contributed by atoms with van der Waals surface area (Å²) in [4.78, 5) is 22.4. The number of rotatable bonds is 4.